The maximum atomic E-state index is 12.2. The summed E-state index contributed by atoms with van der Waals surface area (Å²) in [4.78, 5) is 10.1. The number of alkyl halides is 9. The number of carbonyl (C=O) groups is 1. The molecular weight excluding hydrogens is 303 g/mol. The Hall–Kier alpha value is -1.20. The molecule has 1 N–H and O–H groups in total. The fourth-order valence-corrected chi connectivity index (χ4v) is 0.998. The molecule has 0 bridgehead atoms. The average molecular weight is 308 g/mol. The molecular formula is C7H5F9O3. The van der Waals surface area contributed by atoms with Gasteiger partial charge in [-0.1, -0.05) is 0 Å². The number of rotatable bonds is 3. The van der Waals surface area contributed by atoms with Crippen molar-refractivity contribution in [1.29, 1.82) is 0 Å². The van der Waals surface area contributed by atoms with Crippen LogP contribution in [-0.2, 0) is 9.53 Å². The zero-order chi connectivity index (χ0) is 15.9. The topological polar surface area (TPSA) is 46.5 Å². The van der Waals surface area contributed by atoms with Gasteiger partial charge >= 0.3 is 30.1 Å². The van der Waals surface area contributed by atoms with Crippen LogP contribution in [0.25, 0.3) is 0 Å². The van der Waals surface area contributed by atoms with Gasteiger partial charge in [-0.2, -0.15) is 39.5 Å². The maximum absolute atomic E-state index is 12.2. The number of carboxylic acids is 1. The van der Waals surface area contributed by atoms with E-state index in [1.165, 1.54) is 0 Å². The Labute approximate surface area is 98.5 Å². The molecule has 0 radical (unpaired) electrons. The number of halogens is 9. The third-order valence-electron chi connectivity index (χ3n) is 1.90. The second-order valence-corrected chi connectivity index (χ2v) is 3.27. The summed E-state index contributed by atoms with van der Waals surface area (Å²) < 4.78 is 113. The van der Waals surface area contributed by atoms with E-state index in [0.29, 0.717) is 0 Å². The highest BCUT2D eigenvalue weighted by atomic mass is 19.4. The summed E-state index contributed by atoms with van der Waals surface area (Å²) in [5.74, 6) is -2.41. The predicted octanol–water partition coefficient (Wildman–Crippen LogP) is 2.90. The van der Waals surface area contributed by atoms with Crippen LogP contribution in [0, 0.1) is 0 Å². The number of carboxylic acid groups (broad SMARTS) is 1. The third-order valence-corrected chi connectivity index (χ3v) is 1.90. The molecule has 12 heteroatoms. The van der Waals surface area contributed by atoms with E-state index in [2.05, 4.69) is 4.74 Å². The van der Waals surface area contributed by atoms with E-state index in [4.69, 9.17) is 5.11 Å². The van der Waals surface area contributed by atoms with E-state index < -0.39 is 36.2 Å². The van der Waals surface area contributed by atoms with Gasteiger partial charge in [-0.3, -0.25) is 0 Å². The second-order valence-electron chi connectivity index (χ2n) is 3.27. The lowest BCUT2D eigenvalue weighted by Gasteiger charge is -2.38. The van der Waals surface area contributed by atoms with Crippen molar-refractivity contribution >= 4 is 5.97 Å². The van der Waals surface area contributed by atoms with Gasteiger partial charge in [0, 0.05) is 0 Å². The molecule has 0 spiro atoms. The molecule has 0 heterocycles. The summed E-state index contributed by atoms with van der Waals surface area (Å²) in [5.41, 5.74) is -6.56. The fourth-order valence-electron chi connectivity index (χ4n) is 0.998. The molecule has 3 nitrogen and oxygen atoms in total. The number of hydrogen-bond donors (Lipinski definition) is 1. The van der Waals surface area contributed by atoms with Gasteiger partial charge in [-0.05, 0) is 6.92 Å². The number of hydrogen-bond acceptors (Lipinski definition) is 2. The van der Waals surface area contributed by atoms with Crippen LogP contribution in [0.5, 0.6) is 0 Å². The molecule has 0 aliphatic rings. The highest BCUT2D eigenvalue weighted by Crippen LogP contribution is 2.55. The molecule has 0 amide bonds. The van der Waals surface area contributed by atoms with Crippen LogP contribution < -0.4 is 0 Å². The molecule has 114 valence electrons. The van der Waals surface area contributed by atoms with Gasteiger partial charge in [0.2, 0.25) is 0 Å². The highest BCUT2D eigenvalue weighted by Gasteiger charge is 2.86. The van der Waals surface area contributed by atoms with Gasteiger partial charge in [0.15, 0.2) is 6.10 Å². The number of aliphatic carboxylic acids is 1. The zero-order valence-corrected chi connectivity index (χ0v) is 8.74. The second kappa shape index (κ2) is 4.72. The lowest BCUT2D eigenvalue weighted by Crippen LogP contribution is -2.69. The Kier molecular flexibility index (Phi) is 4.42. The molecule has 0 saturated heterocycles. The van der Waals surface area contributed by atoms with Crippen molar-refractivity contribution in [3.8, 4) is 0 Å². The largest absolute Gasteiger partial charge is 0.479 e. The summed E-state index contributed by atoms with van der Waals surface area (Å²) in [6.07, 6.45) is -23.8. The van der Waals surface area contributed by atoms with Crippen LogP contribution in [0.15, 0.2) is 0 Å². The van der Waals surface area contributed by atoms with Crippen molar-refractivity contribution in [2.24, 2.45) is 0 Å². The lowest BCUT2D eigenvalue weighted by atomic mass is 10.0. The first-order valence-corrected chi connectivity index (χ1v) is 4.18. The summed E-state index contributed by atoms with van der Waals surface area (Å²) in [5, 5.41) is 8.12. The standard InChI is InChI=1S/C7H5F9O3/c1-2(3(17)18)19-4(5(8,9)10,6(11,12)13)7(14,15)16/h2H,1H3,(H,17,18)/t2-/m1/s1. The SMILES string of the molecule is C[C@@H](OC(C(F)(F)F)(C(F)(F)F)C(F)(F)F)C(=O)O. The van der Waals surface area contributed by atoms with Crippen LogP contribution in [0.3, 0.4) is 0 Å². The molecule has 0 aromatic heterocycles. The molecule has 0 rings (SSSR count). The molecule has 0 aliphatic carbocycles. The first kappa shape index (κ1) is 17.8. The molecule has 0 aromatic carbocycles. The Bertz CT molecular complexity index is 303. The molecule has 0 aromatic rings. The van der Waals surface area contributed by atoms with Crippen LogP contribution >= 0.6 is 0 Å². The summed E-state index contributed by atoms with van der Waals surface area (Å²) in [7, 11) is 0. The number of ether oxygens (including phenoxy) is 1. The lowest BCUT2D eigenvalue weighted by molar-refractivity contribution is -0.461. The third kappa shape index (κ3) is 3.04. The quantitative estimate of drug-likeness (QED) is 0.816. The van der Waals surface area contributed by atoms with Crippen molar-refractivity contribution < 1.29 is 54.2 Å². The van der Waals surface area contributed by atoms with Crippen LogP contribution in [0.4, 0.5) is 39.5 Å². The van der Waals surface area contributed by atoms with Crippen LogP contribution in [0.2, 0.25) is 0 Å². The zero-order valence-electron chi connectivity index (χ0n) is 8.74. The van der Waals surface area contributed by atoms with Crippen molar-refractivity contribution in [2.45, 2.75) is 37.2 Å². The highest BCUT2D eigenvalue weighted by molar-refractivity contribution is 5.71. The van der Waals surface area contributed by atoms with E-state index in [0.717, 1.165) is 0 Å². The minimum atomic E-state index is -6.94. The Morgan fingerprint density at radius 3 is 1.32 bits per heavy atom. The van der Waals surface area contributed by atoms with Crippen molar-refractivity contribution in [2.75, 3.05) is 0 Å². The minimum absolute atomic E-state index is 0.111. The van der Waals surface area contributed by atoms with E-state index in [-0.39, 0.29) is 6.92 Å². The van der Waals surface area contributed by atoms with E-state index in [9.17, 15) is 44.3 Å². The Morgan fingerprint density at radius 1 is 0.895 bits per heavy atom. The van der Waals surface area contributed by atoms with E-state index in [1.807, 2.05) is 0 Å². The predicted molar refractivity (Wildman–Crippen MR) is 39.1 cm³/mol. The first-order valence-electron chi connectivity index (χ1n) is 4.18. The van der Waals surface area contributed by atoms with E-state index >= 15 is 0 Å². The van der Waals surface area contributed by atoms with Crippen molar-refractivity contribution in [3.05, 3.63) is 0 Å². The van der Waals surface area contributed by atoms with Crippen molar-refractivity contribution in [1.82, 2.24) is 0 Å². The molecule has 0 fully saturated rings. The fraction of sp³-hybridized carbons (Fsp3) is 0.857. The van der Waals surface area contributed by atoms with Gasteiger partial charge in [-0.25, -0.2) is 4.79 Å². The average Bonchev–Trinajstić information content (AvgIpc) is 2.06. The van der Waals surface area contributed by atoms with Gasteiger partial charge in [0.25, 0.3) is 0 Å². The Morgan fingerprint density at radius 2 is 1.16 bits per heavy atom. The van der Waals surface area contributed by atoms with Gasteiger partial charge in [0.05, 0.1) is 0 Å². The summed E-state index contributed by atoms with van der Waals surface area (Å²) >= 11 is 0. The normalized spacial score (nSPS) is 16.3. The summed E-state index contributed by atoms with van der Waals surface area (Å²) in [6.45, 7) is 0.111. The molecule has 1 atom stereocenters. The first-order chi connectivity index (χ1) is 8.08. The van der Waals surface area contributed by atoms with Gasteiger partial charge < -0.3 is 9.84 Å². The molecule has 19 heavy (non-hydrogen) atoms. The monoisotopic (exact) mass is 308 g/mol. The van der Waals surface area contributed by atoms with Gasteiger partial charge in [0.1, 0.15) is 0 Å². The smallest absolute Gasteiger partial charge is 0.435 e. The van der Waals surface area contributed by atoms with Crippen molar-refractivity contribution in [3.63, 3.8) is 0 Å². The minimum Gasteiger partial charge on any atom is -0.479 e. The molecule has 0 aliphatic heterocycles. The Balaban J connectivity index is 6.04. The van der Waals surface area contributed by atoms with Gasteiger partial charge in [-0.15, -0.1) is 0 Å². The van der Waals surface area contributed by atoms with E-state index in [1.54, 1.807) is 0 Å². The molecule has 0 unspecified atom stereocenters. The van der Waals surface area contributed by atoms with Crippen LogP contribution in [0.1, 0.15) is 6.92 Å². The van der Waals surface area contributed by atoms with Crippen LogP contribution in [-0.4, -0.2) is 41.3 Å². The molecule has 0 saturated carbocycles. The maximum Gasteiger partial charge on any atom is 0.435 e. The summed E-state index contributed by atoms with van der Waals surface area (Å²) in [6, 6.07) is 0.